The number of nitrogens with zero attached hydrogens (tertiary/aromatic N) is 3. The SMILES string of the molecule is CCOC(=O)c1cccc2c1ccn2-c1cncc(C2CCCN2C(C)c2ccc(OC)cc2)c1. The van der Waals surface area contributed by atoms with Crippen LogP contribution in [0.4, 0.5) is 0 Å². The molecule has 0 saturated carbocycles. The topological polar surface area (TPSA) is 56.6 Å². The molecule has 2 atom stereocenters. The summed E-state index contributed by atoms with van der Waals surface area (Å²) in [5.41, 5.74) is 5.03. The standard InChI is InChI=1S/C29H31N3O3/c1-4-35-29(33)26-7-5-8-28-25(26)14-16-32(28)23-17-22(18-30-19-23)27-9-6-15-31(27)20(2)21-10-12-24(34-3)13-11-21/h5,7-8,10-14,16-20,27H,4,6,9,15H2,1-3H3. The average Bonchev–Trinajstić information content (AvgIpc) is 3.56. The molecule has 2 aromatic heterocycles. The fraction of sp³-hybridized carbons (Fsp3) is 0.310. The molecule has 4 aromatic rings. The van der Waals surface area contributed by atoms with E-state index in [4.69, 9.17) is 9.47 Å². The molecule has 1 saturated heterocycles. The average molecular weight is 470 g/mol. The third kappa shape index (κ3) is 4.42. The van der Waals surface area contributed by atoms with E-state index in [2.05, 4.69) is 39.6 Å². The number of methoxy groups -OCH3 is 1. The van der Waals surface area contributed by atoms with E-state index in [9.17, 15) is 4.79 Å². The molecular weight excluding hydrogens is 438 g/mol. The van der Waals surface area contributed by atoms with Gasteiger partial charge in [0.15, 0.2) is 0 Å². The van der Waals surface area contributed by atoms with Crippen LogP contribution in [0.3, 0.4) is 0 Å². The maximum absolute atomic E-state index is 12.4. The molecule has 0 radical (unpaired) electrons. The van der Waals surface area contributed by atoms with Gasteiger partial charge in [-0.1, -0.05) is 18.2 Å². The molecule has 1 fully saturated rings. The summed E-state index contributed by atoms with van der Waals surface area (Å²) < 4.78 is 12.7. The molecule has 6 nitrogen and oxygen atoms in total. The number of rotatable bonds is 7. The Kier molecular flexibility index (Phi) is 6.55. The highest BCUT2D eigenvalue weighted by molar-refractivity contribution is 6.04. The van der Waals surface area contributed by atoms with Gasteiger partial charge in [0, 0.05) is 29.9 Å². The predicted molar refractivity (Wildman–Crippen MR) is 137 cm³/mol. The third-order valence-corrected chi connectivity index (χ3v) is 7.03. The molecule has 0 amide bonds. The van der Waals surface area contributed by atoms with E-state index in [1.54, 1.807) is 7.11 Å². The normalized spacial score (nSPS) is 16.9. The zero-order valence-corrected chi connectivity index (χ0v) is 20.5. The molecule has 0 aliphatic carbocycles. The lowest BCUT2D eigenvalue weighted by atomic mass is 10.0. The Balaban J connectivity index is 1.45. The number of hydrogen-bond acceptors (Lipinski definition) is 5. The van der Waals surface area contributed by atoms with E-state index in [1.165, 1.54) is 11.1 Å². The number of likely N-dealkylation sites (tertiary alicyclic amines) is 1. The molecule has 0 N–H and O–H groups in total. The van der Waals surface area contributed by atoms with E-state index in [0.717, 1.165) is 41.7 Å². The van der Waals surface area contributed by atoms with Crippen molar-refractivity contribution in [3.05, 3.63) is 89.9 Å². The molecule has 5 rings (SSSR count). The van der Waals surface area contributed by atoms with Crippen LogP contribution in [0.2, 0.25) is 0 Å². The lowest BCUT2D eigenvalue weighted by molar-refractivity contribution is 0.0528. The van der Waals surface area contributed by atoms with Crippen molar-refractivity contribution in [3.63, 3.8) is 0 Å². The van der Waals surface area contributed by atoms with Crippen LogP contribution in [-0.2, 0) is 4.74 Å². The van der Waals surface area contributed by atoms with Crippen molar-refractivity contribution < 1.29 is 14.3 Å². The van der Waals surface area contributed by atoms with E-state index >= 15 is 0 Å². The second kappa shape index (κ2) is 9.92. The van der Waals surface area contributed by atoms with Gasteiger partial charge in [-0.25, -0.2) is 4.79 Å². The second-order valence-electron chi connectivity index (χ2n) is 8.97. The highest BCUT2D eigenvalue weighted by Gasteiger charge is 2.31. The number of hydrogen-bond donors (Lipinski definition) is 0. The number of esters is 1. The second-order valence-corrected chi connectivity index (χ2v) is 8.97. The molecule has 2 aromatic carbocycles. The highest BCUT2D eigenvalue weighted by Crippen LogP contribution is 2.39. The summed E-state index contributed by atoms with van der Waals surface area (Å²) in [7, 11) is 1.69. The number of ether oxygens (including phenoxy) is 2. The summed E-state index contributed by atoms with van der Waals surface area (Å²) in [4.78, 5) is 19.6. The smallest absolute Gasteiger partial charge is 0.338 e. The first-order chi connectivity index (χ1) is 17.1. The van der Waals surface area contributed by atoms with Gasteiger partial charge < -0.3 is 14.0 Å². The van der Waals surface area contributed by atoms with Crippen LogP contribution in [-0.4, -0.2) is 40.7 Å². The van der Waals surface area contributed by atoms with Crippen molar-refractivity contribution in [1.29, 1.82) is 0 Å². The number of carbonyl (C=O) groups excluding carboxylic acids is 1. The lowest BCUT2D eigenvalue weighted by Crippen LogP contribution is -2.26. The fourth-order valence-corrected chi connectivity index (χ4v) is 5.22. The Morgan fingerprint density at radius 2 is 1.97 bits per heavy atom. The first-order valence-electron chi connectivity index (χ1n) is 12.2. The van der Waals surface area contributed by atoms with Gasteiger partial charge in [-0.2, -0.15) is 0 Å². The number of benzene rings is 2. The zero-order valence-electron chi connectivity index (χ0n) is 20.5. The highest BCUT2D eigenvalue weighted by atomic mass is 16.5. The van der Waals surface area contributed by atoms with Crippen LogP contribution < -0.4 is 4.74 Å². The molecule has 0 spiro atoms. The Hall–Kier alpha value is -3.64. The Morgan fingerprint density at radius 1 is 1.14 bits per heavy atom. The van der Waals surface area contributed by atoms with Crippen LogP contribution in [0.25, 0.3) is 16.6 Å². The van der Waals surface area contributed by atoms with Crippen LogP contribution in [0.15, 0.2) is 73.2 Å². The van der Waals surface area contributed by atoms with E-state index < -0.39 is 0 Å². The summed E-state index contributed by atoms with van der Waals surface area (Å²) in [5.74, 6) is 0.581. The monoisotopic (exact) mass is 469 g/mol. The van der Waals surface area contributed by atoms with E-state index in [0.29, 0.717) is 18.2 Å². The van der Waals surface area contributed by atoms with Gasteiger partial charge in [-0.3, -0.25) is 9.88 Å². The van der Waals surface area contributed by atoms with Crippen molar-refractivity contribution in [2.24, 2.45) is 0 Å². The van der Waals surface area contributed by atoms with Crippen molar-refractivity contribution in [2.75, 3.05) is 20.3 Å². The van der Waals surface area contributed by atoms with Crippen LogP contribution >= 0.6 is 0 Å². The van der Waals surface area contributed by atoms with Gasteiger partial charge in [-0.05, 0) is 80.8 Å². The fourth-order valence-electron chi connectivity index (χ4n) is 5.22. The van der Waals surface area contributed by atoms with Crippen LogP contribution in [0.5, 0.6) is 5.75 Å². The summed E-state index contributed by atoms with van der Waals surface area (Å²) >= 11 is 0. The Bertz CT molecular complexity index is 1330. The van der Waals surface area contributed by atoms with Gasteiger partial charge in [0.2, 0.25) is 0 Å². The maximum atomic E-state index is 12.4. The summed E-state index contributed by atoms with van der Waals surface area (Å²) in [6.07, 6.45) is 8.13. The van der Waals surface area contributed by atoms with Crippen molar-refractivity contribution in [3.8, 4) is 11.4 Å². The zero-order chi connectivity index (χ0) is 24.4. The van der Waals surface area contributed by atoms with Gasteiger partial charge >= 0.3 is 5.97 Å². The largest absolute Gasteiger partial charge is 0.497 e. The quantitative estimate of drug-likeness (QED) is 0.306. The molecular formula is C29H31N3O3. The summed E-state index contributed by atoms with van der Waals surface area (Å²) in [6, 6.07) is 18.9. The van der Waals surface area contributed by atoms with E-state index in [1.807, 2.05) is 61.9 Å². The van der Waals surface area contributed by atoms with Crippen molar-refractivity contribution in [2.45, 2.75) is 38.8 Å². The minimum absolute atomic E-state index is 0.289. The molecule has 6 heteroatoms. The Morgan fingerprint density at radius 3 is 2.74 bits per heavy atom. The summed E-state index contributed by atoms with van der Waals surface area (Å²) in [5, 5.41) is 0.881. The predicted octanol–water partition coefficient (Wildman–Crippen LogP) is 6.11. The van der Waals surface area contributed by atoms with Gasteiger partial charge in [0.1, 0.15) is 5.75 Å². The summed E-state index contributed by atoms with van der Waals surface area (Å²) in [6.45, 7) is 5.50. The van der Waals surface area contributed by atoms with Crippen molar-refractivity contribution in [1.82, 2.24) is 14.5 Å². The molecule has 180 valence electrons. The molecule has 1 aliphatic heterocycles. The van der Waals surface area contributed by atoms with E-state index in [-0.39, 0.29) is 12.0 Å². The maximum Gasteiger partial charge on any atom is 0.338 e. The lowest BCUT2D eigenvalue weighted by Gasteiger charge is -2.31. The van der Waals surface area contributed by atoms with Crippen LogP contribution in [0.1, 0.15) is 60.3 Å². The first-order valence-corrected chi connectivity index (χ1v) is 12.2. The van der Waals surface area contributed by atoms with Gasteiger partial charge in [0.05, 0.1) is 36.7 Å². The Labute approximate surface area is 206 Å². The van der Waals surface area contributed by atoms with Crippen molar-refractivity contribution >= 4 is 16.9 Å². The van der Waals surface area contributed by atoms with Crippen LogP contribution in [0, 0.1) is 0 Å². The molecule has 0 bridgehead atoms. The number of aromatic nitrogens is 2. The minimum Gasteiger partial charge on any atom is -0.497 e. The number of carbonyl (C=O) groups is 1. The minimum atomic E-state index is -0.295. The third-order valence-electron chi connectivity index (χ3n) is 7.03. The first kappa shape index (κ1) is 23.1. The van der Waals surface area contributed by atoms with Gasteiger partial charge in [-0.15, -0.1) is 0 Å². The molecule has 2 unspecified atom stereocenters. The molecule has 3 heterocycles. The van der Waals surface area contributed by atoms with Gasteiger partial charge in [0.25, 0.3) is 0 Å². The molecule has 35 heavy (non-hydrogen) atoms. The number of pyridine rings is 1. The molecule has 1 aliphatic rings. The number of fused-ring (bicyclic) bond motifs is 1.